The van der Waals surface area contributed by atoms with E-state index >= 15 is 0 Å². The minimum absolute atomic E-state index is 0.0132. The van der Waals surface area contributed by atoms with Crippen molar-refractivity contribution in [3.05, 3.63) is 29.8 Å². The van der Waals surface area contributed by atoms with Crippen LogP contribution in [-0.2, 0) is 0 Å². The van der Waals surface area contributed by atoms with E-state index in [2.05, 4.69) is 15.0 Å². The summed E-state index contributed by atoms with van der Waals surface area (Å²) in [5, 5.41) is 8.72. The molecule has 0 aliphatic carbocycles. The molecule has 20 heavy (non-hydrogen) atoms. The summed E-state index contributed by atoms with van der Waals surface area (Å²) in [7, 11) is 0. The molecule has 7 nitrogen and oxygen atoms in total. The van der Waals surface area contributed by atoms with Crippen molar-refractivity contribution in [2.75, 3.05) is 5.73 Å². The molecule has 0 unspecified atom stereocenters. The lowest BCUT2D eigenvalue weighted by Gasteiger charge is -2.09. The zero-order valence-corrected chi connectivity index (χ0v) is 11.1. The van der Waals surface area contributed by atoms with Gasteiger partial charge in [-0.2, -0.15) is 15.2 Å². The lowest BCUT2D eigenvalue weighted by molar-refractivity contribution is 0.219. The molecule has 0 atom stereocenters. The molecular weight excluding hydrogens is 258 g/mol. The number of ether oxygens (including phenoxy) is 2. The van der Waals surface area contributed by atoms with Gasteiger partial charge in [-0.3, -0.25) is 0 Å². The van der Waals surface area contributed by atoms with Gasteiger partial charge in [0, 0.05) is 0 Å². The van der Waals surface area contributed by atoms with Gasteiger partial charge >= 0.3 is 12.0 Å². The first-order valence-corrected chi connectivity index (χ1v) is 5.93. The maximum absolute atomic E-state index is 8.72. The highest BCUT2D eigenvalue weighted by Crippen LogP contribution is 2.20. The van der Waals surface area contributed by atoms with Crippen molar-refractivity contribution in [1.29, 1.82) is 5.26 Å². The van der Waals surface area contributed by atoms with Crippen molar-refractivity contribution in [1.82, 2.24) is 15.0 Å². The van der Waals surface area contributed by atoms with Crippen molar-refractivity contribution in [3.63, 3.8) is 0 Å². The maximum atomic E-state index is 8.72. The number of nitriles is 1. The molecule has 2 N–H and O–H groups in total. The second-order valence-electron chi connectivity index (χ2n) is 4.16. The predicted octanol–water partition coefficient (Wildman–Crippen LogP) is 1.90. The molecule has 0 radical (unpaired) electrons. The van der Waals surface area contributed by atoms with Crippen molar-refractivity contribution < 1.29 is 9.47 Å². The Morgan fingerprint density at radius 3 is 2.35 bits per heavy atom. The number of anilines is 1. The van der Waals surface area contributed by atoms with Crippen molar-refractivity contribution >= 4 is 5.95 Å². The Morgan fingerprint density at radius 2 is 1.75 bits per heavy atom. The zero-order chi connectivity index (χ0) is 14.5. The summed E-state index contributed by atoms with van der Waals surface area (Å²) >= 11 is 0. The first-order valence-electron chi connectivity index (χ1n) is 5.93. The Kier molecular flexibility index (Phi) is 3.96. The van der Waals surface area contributed by atoms with E-state index in [1.807, 2.05) is 19.9 Å². The number of hydrogen-bond acceptors (Lipinski definition) is 7. The molecule has 0 aliphatic heterocycles. The van der Waals surface area contributed by atoms with E-state index in [9.17, 15) is 0 Å². The lowest BCUT2D eigenvalue weighted by Crippen LogP contribution is -2.10. The van der Waals surface area contributed by atoms with E-state index in [1.165, 1.54) is 0 Å². The number of nitrogens with zero attached hydrogens (tertiary/aromatic N) is 4. The molecule has 0 bridgehead atoms. The second kappa shape index (κ2) is 5.84. The molecular formula is C13H13N5O2. The molecule has 0 aliphatic rings. The van der Waals surface area contributed by atoms with Gasteiger partial charge in [-0.05, 0) is 38.1 Å². The summed E-state index contributed by atoms with van der Waals surface area (Å²) in [6.07, 6.45) is -0.0837. The monoisotopic (exact) mass is 271 g/mol. The molecule has 0 saturated carbocycles. The third-order valence-corrected chi connectivity index (χ3v) is 2.15. The third-order valence-electron chi connectivity index (χ3n) is 2.15. The van der Waals surface area contributed by atoms with Crippen LogP contribution in [0.5, 0.6) is 17.8 Å². The molecule has 2 aromatic rings. The maximum Gasteiger partial charge on any atom is 0.330 e. The standard InChI is InChI=1S/C13H13N5O2/c1-8(2)19-12-16-11(15)17-13(18-12)20-10-5-3-9(7-14)4-6-10/h3-6,8H,1-2H3,(H2,15,16,17,18). The van der Waals surface area contributed by atoms with E-state index < -0.39 is 0 Å². The van der Waals surface area contributed by atoms with Crippen LogP contribution in [0.25, 0.3) is 0 Å². The smallest absolute Gasteiger partial charge is 0.330 e. The average Bonchev–Trinajstić information content (AvgIpc) is 2.38. The zero-order valence-electron chi connectivity index (χ0n) is 11.1. The van der Waals surface area contributed by atoms with Crippen LogP contribution in [0.4, 0.5) is 5.95 Å². The van der Waals surface area contributed by atoms with Crippen LogP contribution in [-0.4, -0.2) is 21.1 Å². The van der Waals surface area contributed by atoms with Gasteiger partial charge in [-0.25, -0.2) is 0 Å². The Hall–Kier alpha value is -2.88. The minimum atomic E-state index is -0.0837. The van der Waals surface area contributed by atoms with Gasteiger partial charge < -0.3 is 15.2 Å². The van der Waals surface area contributed by atoms with Crippen molar-refractivity contribution in [2.45, 2.75) is 20.0 Å². The van der Waals surface area contributed by atoms with E-state index in [1.54, 1.807) is 24.3 Å². The summed E-state index contributed by atoms with van der Waals surface area (Å²) < 4.78 is 10.8. The first kappa shape index (κ1) is 13.5. The Balaban J connectivity index is 2.19. The van der Waals surface area contributed by atoms with Gasteiger partial charge in [0.2, 0.25) is 5.95 Å². The van der Waals surface area contributed by atoms with E-state index in [0.29, 0.717) is 11.3 Å². The molecule has 0 spiro atoms. The highest BCUT2D eigenvalue weighted by atomic mass is 16.5. The van der Waals surface area contributed by atoms with Gasteiger partial charge in [0.25, 0.3) is 0 Å². The van der Waals surface area contributed by atoms with Crippen LogP contribution in [0, 0.1) is 11.3 Å². The van der Waals surface area contributed by atoms with E-state index in [4.69, 9.17) is 20.5 Å². The van der Waals surface area contributed by atoms with Crippen molar-refractivity contribution in [2.24, 2.45) is 0 Å². The number of aromatic nitrogens is 3. The van der Waals surface area contributed by atoms with Crippen LogP contribution in [0.1, 0.15) is 19.4 Å². The molecule has 2 rings (SSSR count). The largest absolute Gasteiger partial charge is 0.461 e. The van der Waals surface area contributed by atoms with Gasteiger partial charge in [0.15, 0.2) is 0 Å². The van der Waals surface area contributed by atoms with Crippen LogP contribution in [0.3, 0.4) is 0 Å². The van der Waals surface area contributed by atoms with E-state index in [-0.39, 0.29) is 24.1 Å². The molecule has 1 aromatic heterocycles. The Bertz CT molecular complexity index is 634. The van der Waals surface area contributed by atoms with Crippen LogP contribution < -0.4 is 15.2 Å². The average molecular weight is 271 g/mol. The summed E-state index contributed by atoms with van der Waals surface area (Å²) in [6.45, 7) is 3.70. The fraction of sp³-hybridized carbons (Fsp3) is 0.231. The van der Waals surface area contributed by atoms with Gasteiger partial charge in [0.05, 0.1) is 17.7 Å². The van der Waals surface area contributed by atoms with Crippen LogP contribution in [0.2, 0.25) is 0 Å². The molecule has 1 aromatic carbocycles. The second-order valence-corrected chi connectivity index (χ2v) is 4.16. The van der Waals surface area contributed by atoms with Gasteiger partial charge in [-0.1, -0.05) is 0 Å². The number of rotatable bonds is 4. The number of nitrogen functional groups attached to an aromatic ring is 1. The normalized spacial score (nSPS) is 10.1. The molecule has 0 fully saturated rings. The number of hydrogen-bond donors (Lipinski definition) is 1. The van der Waals surface area contributed by atoms with Crippen molar-refractivity contribution in [3.8, 4) is 23.8 Å². The van der Waals surface area contributed by atoms with Crippen LogP contribution in [0.15, 0.2) is 24.3 Å². The minimum Gasteiger partial charge on any atom is -0.461 e. The fourth-order valence-corrected chi connectivity index (χ4v) is 1.36. The summed E-state index contributed by atoms with van der Waals surface area (Å²) in [5.41, 5.74) is 6.11. The topological polar surface area (TPSA) is 107 Å². The number of benzene rings is 1. The fourth-order valence-electron chi connectivity index (χ4n) is 1.36. The summed E-state index contributed by atoms with van der Waals surface area (Å²) in [5.74, 6) is 0.504. The molecule has 102 valence electrons. The highest BCUT2D eigenvalue weighted by Gasteiger charge is 2.09. The Morgan fingerprint density at radius 1 is 1.10 bits per heavy atom. The SMILES string of the molecule is CC(C)Oc1nc(N)nc(Oc2ccc(C#N)cc2)n1. The third kappa shape index (κ3) is 3.55. The lowest BCUT2D eigenvalue weighted by atomic mass is 10.2. The van der Waals surface area contributed by atoms with Crippen LogP contribution >= 0.6 is 0 Å². The molecule has 7 heteroatoms. The number of nitrogens with two attached hydrogens (primary N) is 1. The molecule has 0 saturated heterocycles. The quantitative estimate of drug-likeness (QED) is 0.904. The first-order chi connectivity index (χ1) is 9.56. The highest BCUT2D eigenvalue weighted by molar-refractivity contribution is 5.35. The Labute approximate surface area is 116 Å². The summed E-state index contributed by atoms with van der Waals surface area (Å²) in [6, 6.07) is 8.71. The van der Waals surface area contributed by atoms with Gasteiger partial charge in [0.1, 0.15) is 5.75 Å². The van der Waals surface area contributed by atoms with E-state index in [0.717, 1.165) is 0 Å². The molecule has 1 heterocycles. The summed E-state index contributed by atoms with van der Waals surface area (Å²) in [4.78, 5) is 11.7. The predicted molar refractivity (Wildman–Crippen MR) is 71.2 cm³/mol. The van der Waals surface area contributed by atoms with Gasteiger partial charge in [-0.15, -0.1) is 4.98 Å². The molecule has 0 amide bonds.